The smallest absolute Gasteiger partial charge is 0.309 e. The van der Waals surface area contributed by atoms with Crippen LogP contribution in [0.3, 0.4) is 0 Å². The molecule has 0 atom stereocenters. The fraction of sp³-hybridized carbons (Fsp3) is 0.636. The first-order valence-electron chi connectivity index (χ1n) is 10.6. The Morgan fingerprint density at radius 2 is 1.67 bits per heavy atom. The lowest BCUT2D eigenvalue weighted by molar-refractivity contribution is -0.150. The van der Waals surface area contributed by atoms with Crippen LogP contribution in [0.1, 0.15) is 68.6 Å². The second kappa shape index (κ2) is 11.8. The molecule has 0 N–H and O–H groups in total. The summed E-state index contributed by atoms with van der Waals surface area (Å²) in [5, 5.41) is 0. The van der Waals surface area contributed by atoms with E-state index in [1.807, 2.05) is 0 Å². The Hall–Kier alpha value is -2.25. The van der Waals surface area contributed by atoms with Gasteiger partial charge in [-0.25, -0.2) is 8.78 Å². The predicted molar refractivity (Wildman–Crippen MR) is 106 cm³/mol. The van der Waals surface area contributed by atoms with Gasteiger partial charge in [-0.2, -0.15) is 4.39 Å². The molecule has 0 unspecified atom stereocenters. The number of likely N-dealkylation sites (tertiary alicyclic amines) is 1. The third-order valence-electron chi connectivity index (χ3n) is 5.41. The number of nitrogens with zero attached hydrogens (tertiary/aromatic N) is 1. The summed E-state index contributed by atoms with van der Waals surface area (Å²) in [6.45, 7) is 2.96. The van der Waals surface area contributed by atoms with Crippen molar-refractivity contribution >= 4 is 11.9 Å². The molecule has 1 aromatic carbocycles. The van der Waals surface area contributed by atoms with Gasteiger partial charge in [0, 0.05) is 13.1 Å². The fourth-order valence-electron chi connectivity index (χ4n) is 3.58. The van der Waals surface area contributed by atoms with Gasteiger partial charge in [0.05, 0.1) is 25.2 Å². The van der Waals surface area contributed by atoms with Gasteiger partial charge in [0.15, 0.2) is 17.4 Å². The van der Waals surface area contributed by atoms with Gasteiger partial charge >= 0.3 is 5.97 Å². The summed E-state index contributed by atoms with van der Waals surface area (Å²) in [5.41, 5.74) is -0.588. The average Bonchev–Trinajstić information content (AvgIpc) is 2.75. The second-order valence-electron chi connectivity index (χ2n) is 7.57. The normalized spacial score (nSPS) is 14.6. The number of piperidine rings is 1. The molecule has 0 aromatic heterocycles. The molecular weight excluding hydrogens is 399 g/mol. The van der Waals surface area contributed by atoms with Crippen LogP contribution in [0.4, 0.5) is 13.2 Å². The Labute approximate surface area is 175 Å². The molecule has 0 spiro atoms. The third-order valence-corrected chi connectivity index (χ3v) is 5.41. The molecular formula is C22H30F3NO4. The SMILES string of the molecule is CCCCCCCCOC(=O)C1CCN(C(=O)c2cc(F)c(F)c(OC)c2F)CC1. The fourth-order valence-corrected chi connectivity index (χ4v) is 3.58. The van der Waals surface area contributed by atoms with E-state index in [4.69, 9.17) is 4.74 Å². The van der Waals surface area contributed by atoms with E-state index in [0.29, 0.717) is 25.5 Å². The molecule has 1 saturated heterocycles. The van der Waals surface area contributed by atoms with Crippen LogP contribution >= 0.6 is 0 Å². The van der Waals surface area contributed by atoms with E-state index in [9.17, 15) is 22.8 Å². The van der Waals surface area contributed by atoms with Gasteiger partial charge in [0.1, 0.15) is 0 Å². The molecule has 0 radical (unpaired) electrons. The number of amides is 1. The minimum Gasteiger partial charge on any atom is -0.491 e. The van der Waals surface area contributed by atoms with Gasteiger partial charge in [-0.3, -0.25) is 9.59 Å². The van der Waals surface area contributed by atoms with E-state index in [2.05, 4.69) is 11.7 Å². The predicted octanol–water partition coefficient (Wildman–Crippen LogP) is 4.87. The number of hydrogen-bond donors (Lipinski definition) is 0. The van der Waals surface area contributed by atoms with Crippen molar-refractivity contribution in [2.75, 3.05) is 26.8 Å². The average molecular weight is 429 g/mol. The van der Waals surface area contributed by atoms with Crippen LogP contribution in [0.2, 0.25) is 0 Å². The summed E-state index contributed by atoms with van der Waals surface area (Å²) in [6, 6.07) is 0.538. The highest BCUT2D eigenvalue weighted by atomic mass is 19.2. The summed E-state index contributed by atoms with van der Waals surface area (Å²) in [7, 11) is 0.998. The van der Waals surface area contributed by atoms with E-state index >= 15 is 0 Å². The van der Waals surface area contributed by atoms with Crippen LogP contribution in [-0.4, -0.2) is 43.6 Å². The number of carbonyl (C=O) groups is 2. The number of unbranched alkanes of at least 4 members (excludes halogenated alkanes) is 5. The maximum Gasteiger partial charge on any atom is 0.309 e. The zero-order valence-corrected chi connectivity index (χ0v) is 17.6. The minimum absolute atomic E-state index is 0.205. The van der Waals surface area contributed by atoms with Crippen LogP contribution in [0, 0.1) is 23.4 Å². The van der Waals surface area contributed by atoms with Crippen molar-refractivity contribution in [1.82, 2.24) is 4.90 Å². The summed E-state index contributed by atoms with van der Waals surface area (Å²) in [4.78, 5) is 26.1. The molecule has 5 nitrogen and oxygen atoms in total. The molecule has 0 aliphatic carbocycles. The highest BCUT2D eigenvalue weighted by Gasteiger charge is 2.31. The molecule has 1 aromatic rings. The van der Waals surface area contributed by atoms with Crippen molar-refractivity contribution in [3.8, 4) is 5.75 Å². The van der Waals surface area contributed by atoms with Gasteiger partial charge in [0.2, 0.25) is 5.82 Å². The lowest BCUT2D eigenvalue weighted by atomic mass is 9.96. The second-order valence-corrected chi connectivity index (χ2v) is 7.57. The lowest BCUT2D eigenvalue weighted by Gasteiger charge is -2.31. The first-order chi connectivity index (χ1) is 14.4. The Balaban J connectivity index is 1.82. The largest absolute Gasteiger partial charge is 0.491 e. The molecule has 8 heteroatoms. The number of ether oxygens (including phenoxy) is 2. The molecule has 168 valence electrons. The van der Waals surface area contributed by atoms with Gasteiger partial charge in [-0.15, -0.1) is 0 Å². The third kappa shape index (κ3) is 6.12. The number of rotatable bonds is 10. The maximum absolute atomic E-state index is 14.3. The number of benzene rings is 1. The van der Waals surface area contributed by atoms with Crippen LogP contribution < -0.4 is 4.74 Å². The monoisotopic (exact) mass is 429 g/mol. The molecule has 1 aliphatic heterocycles. The summed E-state index contributed by atoms with van der Waals surface area (Å²) in [5.74, 6) is -6.35. The Morgan fingerprint density at radius 3 is 2.30 bits per heavy atom. The van der Waals surface area contributed by atoms with Crippen molar-refractivity contribution in [1.29, 1.82) is 0 Å². The number of esters is 1. The highest BCUT2D eigenvalue weighted by molar-refractivity contribution is 5.95. The van der Waals surface area contributed by atoms with Crippen molar-refractivity contribution in [2.45, 2.75) is 58.3 Å². The standard InChI is InChI=1S/C22H30F3NO4/c1-3-4-5-6-7-8-13-30-22(28)15-9-11-26(12-10-15)21(27)16-14-17(23)19(25)20(29-2)18(16)24/h14-15H,3-13H2,1-2H3. The molecule has 1 heterocycles. The zero-order chi connectivity index (χ0) is 22.1. The quantitative estimate of drug-likeness (QED) is 0.303. The van der Waals surface area contributed by atoms with Gasteiger partial charge in [-0.05, 0) is 25.3 Å². The molecule has 30 heavy (non-hydrogen) atoms. The molecule has 1 fully saturated rings. The van der Waals surface area contributed by atoms with Crippen molar-refractivity contribution in [2.24, 2.45) is 5.92 Å². The maximum atomic E-state index is 14.3. The topological polar surface area (TPSA) is 55.8 Å². The van der Waals surface area contributed by atoms with E-state index < -0.39 is 34.7 Å². The summed E-state index contributed by atoms with van der Waals surface area (Å²) >= 11 is 0. The van der Waals surface area contributed by atoms with E-state index in [0.717, 1.165) is 26.4 Å². The Kier molecular flexibility index (Phi) is 9.46. The summed E-state index contributed by atoms with van der Waals surface area (Å²) < 4.78 is 51.5. The molecule has 1 amide bonds. The highest BCUT2D eigenvalue weighted by Crippen LogP contribution is 2.29. The van der Waals surface area contributed by atoms with Gasteiger partial charge < -0.3 is 14.4 Å². The van der Waals surface area contributed by atoms with Crippen LogP contribution in [0.25, 0.3) is 0 Å². The molecule has 2 rings (SSSR count). The number of halogens is 3. The van der Waals surface area contributed by atoms with Crippen LogP contribution in [0.5, 0.6) is 5.75 Å². The minimum atomic E-state index is -1.47. The molecule has 0 saturated carbocycles. The number of methoxy groups -OCH3 is 1. The first-order valence-corrected chi connectivity index (χ1v) is 10.6. The molecule has 1 aliphatic rings. The number of carbonyl (C=O) groups excluding carboxylic acids is 2. The first kappa shape index (κ1) is 24.0. The van der Waals surface area contributed by atoms with Gasteiger partial charge in [-0.1, -0.05) is 39.0 Å². The number of hydrogen-bond acceptors (Lipinski definition) is 4. The van der Waals surface area contributed by atoms with Crippen LogP contribution in [-0.2, 0) is 9.53 Å². The van der Waals surface area contributed by atoms with E-state index in [1.165, 1.54) is 24.2 Å². The van der Waals surface area contributed by atoms with Gasteiger partial charge in [0.25, 0.3) is 5.91 Å². The van der Waals surface area contributed by atoms with Crippen molar-refractivity contribution in [3.05, 3.63) is 29.1 Å². The van der Waals surface area contributed by atoms with E-state index in [-0.39, 0.29) is 25.0 Å². The summed E-state index contributed by atoms with van der Waals surface area (Å²) in [6.07, 6.45) is 7.36. The van der Waals surface area contributed by atoms with Crippen LogP contribution in [0.15, 0.2) is 6.07 Å². The van der Waals surface area contributed by atoms with E-state index in [1.54, 1.807) is 0 Å². The Bertz CT molecular complexity index is 734. The van der Waals surface area contributed by atoms with Crippen molar-refractivity contribution < 1.29 is 32.2 Å². The lowest BCUT2D eigenvalue weighted by Crippen LogP contribution is -2.41. The molecule has 0 bridgehead atoms. The van der Waals surface area contributed by atoms with Crippen molar-refractivity contribution in [3.63, 3.8) is 0 Å². The Morgan fingerprint density at radius 1 is 1.03 bits per heavy atom. The zero-order valence-electron chi connectivity index (χ0n) is 17.6.